The average molecular weight is 270 g/mol. The second-order valence-corrected chi connectivity index (χ2v) is 4.18. The third-order valence-corrected chi connectivity index (χ3v) is 2.02. The van der Waals surface area contributed by atoms with E-state index < -0.39 is 16.4 Å². The van der Waals surface area contributed by atoms with Crippen LogP contribution >= 0.6 is 0 Å². The summed E-state index contributed by atoms with van der Waals surface area (Å²) in [4.78, 5) is 10.8. The maximum absolute atomic E-state index is 10.8. The maximum atomic E-state index is 10.8. The second-order valence-electron chi connectivity index (χ2n) is 3.28. The number of rotatable bonds is 1. The van der Waals surface area contributed by atoms with Crippen molar-refractivity contribution in [2.24, 2.45) is 0 Å². The highest BCUT2D eigenvalue weighted by atomic mass is 32.3. The van der Waals surface area contributed by atoms with Gasteiger partial charge in [0.15, 0.2) is 0 Å². The Morgan fingerprint density at radius 3 is 2.00 bits per heavy atom. The molecule has 0 aliphatic carbocycles. The Bertz CT molecular complexity index is 649. The minimum atomic E-state index is -4.67. The maximum Gasteiger partial charge on any atom is 0.394 e. The number of hydrogen-bond acceptors (Lipinski definition) is 3. The number of fused-ring (bicyclic) bond motifs is 1. The van der Waals surface area contributed by atoms with Gasteiger partial charge in [-0.1, -0.05) is 36.4 Å². The Balaban J connectivity index is 0.000000280. The van der Waals surface area contributed by atoms with Gasteiger partial charge in [0.2, 0.25) is 0 Å². The lowest BCUT2D eigenvalue weighted by atomic mass is 10.1. The van der Waals surface area contributed by atoms with Gasteiger partial charge in [-0.15, -0.1) is 0 Å². The monoisotopic (exact) mass is 270 g/mol. The van der Waals surface area contributed by atoms with E-state index in [2.05, 4.69) is 0 Å². The van der Waals surface area contributed by atoms with Gasteiger partial charge in [0.1, 0.15) is 0 Å². The number of hydrogen-bond donors (Lipinski definition) is 3. The SMILES string of the molecule is O=C(O)c1cccc2ccccc12.O=S(=O)(O)O. The van der Waals surface area contributed by atoms with Gasteiger partial charge in [-0.3, -0.25) is 9.11 Å². The summed E-state index contributed by atoms with van der Waals surface area (Å²) < 4.78 is 31.6. The van der Waals surface area contributed by atoms with Crippen molar-refractivity contribution < 1.29 is 27.4 Å². The molecular formula is C11H10O6S. The number of carboxylic acids is 1. The first-order valence-electron chi connectivity index (χ1n) is 4.70. The van der Waals surface area contributed by atoms with Crippen LogP contribution < -0.4 is 0 Å². The summed E-state index contributed by atoms with van der Waals surface area (Å²) in [6.45, 7) is 0. The summed E-state index contributed by atoms with van der Waals surface area (Å²) in [6.07, 6.45) is 0. The highest BCUT2D eigenvalue weighted by molar-refractivity contribution is 7.79. The van der Waals surface area contributed by atoms with Gasteiger partial charge in [-0.2, -0.15) is 8.42 Å². The highest BCUT2D eigenvalue weighted by Gasteiger charge is 2.05. The third-order valence-electron chi connectivity index (χ3n) is 2.02. The zero-order valence-corrected chi connectivity index (χ0v) is 9.83. The molecule has 0 heterocycles. The fraction of sp³-hybridized carbons (Fsp3) is 0. The Morgan fingerprint density at radius 2 is 1.44 bits per heavy atom. The molecule has 96 valence electrons. The summed E-state index contributed by atoms with van der Waals surface area (Å²) in [7, 11) is -4.67. The fourth-order valence-electron chi connectivity index (χ4n) is 1.41. The zero-order valence-electron chi connectivity index (χ0n) is 9.02. The van der Waals surface area contributed by atoms with E-state index in [1.165, 1.54) is 0 Å². The van der Waals surface area contributed by atoms with E-state index in [1.54, 1.807) is 12.1 Å². The zero-order chi connectivity index (χ0) is 13.8. The molecule has 0 unspecified atom stereocenters. The molecular weight excluding hydrogens is 260 g/mol. The molecule has 0 radical (unpaired) electrons. The third kappa shape index (κ3) is 4.50. The Hall–Kier alpha value is -1.96. The van der Waals surface area contributed by atoms with Crippen molar-refractivity contribution in [3.05, 3.63) is 48.0 Å². The molecule has 0 aromatic heterocycles. The van der Waals surface area contributed by atoms with Crippen molar-refractivity contribution in [1.29, 1.82) is 0 Å². The van der Waals surface area contributed by atoms with E-state index in [4.69, 9.17) is 22.6 Å². The van der Waals surface area contributed by atoms with Crippen molar-refractivity contribution in [2.45, 2.75) is 0 Å². The molecule has 0 amide bonds. The molecule has 7 heteroatoms. The molecule has 0 aliphatic rings. The van der Waals surface area contributed by atoms with Crippen LogP contribution in [0, 0.1) is 0 Å². The standard InChI is InChI=1S/C11H8O2.H2O4S/c12-11(13)10-7-3-5-8-4-1-2-6-9(8)10;1-5(2,3)4/h1-7H,(H,12,13);(H2,1,2,3,4). The summed E-state index contributed by atoms with van der Waals surface area (Å²) in [5.74, 6) is -0.878. The van der Waals surface area contributed by atoms with Crippen LogP contribution in [-0.4, -0.2) is 28.6 Å². The van der Waals surface area contributed by atoms with Crippen molar-refractivity contribution in [3.63, 3.8) is 0 Å². The molecule has 0 aliphatic heterocycles. The summed E-state index contributed by atoms with van der Waals surface area (Å²) in [5, 5.41) is 10.6. The van der Waals surface area contributed by atoms with Crippen LogP contribution in [0.3, 0.4) is 0 Å². The first-order chi connectivity index (χ1) is 8.29. The van der Waals surface area contributed by atoms with Crippen LogP contribution in [0.4, 0.5) is 0 Å². The molecule has 2 aromatic rings. The smallest absolute Gasteiger partial charge is 0.394 e. The van der Waals surface area contributed by atoms with Crippen LogP contribution in [-0.2, 0) is 10.4 Å². The van der Waals surface area contributed by atoms with Crippen LogP contribution in [0.5, 0.6) is 0 Å². The predicted octanol–water partition coefficient (Wildman–Crippen LogP) is 1.89. The fourth-order valence-corrected chi connectivity index (χ4v) is 1.41. The van der Waals surface area contributed by atoms with Gasteiger partial charge >= 0.3 is 16.4 Å². The van der Waals surface area contributed by atoms with E-state index in [0.29, 0.717) is 5.56 Å². The average Bonchev–Trinajstić information content (AvgIpc) is 2.26. The molecule has 6 nitrogen and oxygen atoms in total. The molecule has 0 saturated heterocycles. The predicted molar refractivity (Wildman–Crippen MR) is 65.1 cm³/mol. The summed E-state index contributed by atoms with van der Waals surface area (Å²) >= 11 is 0. The van der Waals surface area contributed by atoms with Crippen molar-refractivity contribution in [1.82, 2.24) is 0 Å². The molecule has 0 atom stereocenters. The molecule has 3 N–H and O–H groups in total. The van der Waals surface area contributed by atoms with E-state index in [0.717, 1.165) is 10.8 Å². The van der Waals surface area contributed by atoms with Gasteiger partial charge in [-0.05, 0) is 16.8 Å². The largest absolute Gasteiger partial charge is 0.478 e. The molecule has 0 saturated carbocycles. The number of benzene rings is 2. The minimum Gasteiger partial charge on any atom is -0.478 e. The van der Waals surface area contributed by atoms with Gasteiger partial charge in [-0.25, -0.2) is 4.79 Å². The Kier molecular flexibility index (Phi) is 4.38. The van der Waals surface area contributed by atoms with Gasteiger partial charge in [0, 0.05) is 0 Å². The Morgan fingerprint density at radius 1 is 0.944 bits per heavy atom. The molecule has 0 bridgehead atoms. The number of carbonyl (C=O) groups is 1. The normalized spacial score (nSPS) is 10.6. The van der Waals surface area contributed by atoms with E-state index in [1.807, 2.05) is 30.3 Å². The molecule has 0 spiro atoms. The van der Waals surface area contributed by atoms with Crippen LogP contribution in [0.1, 0.15) is 10.4 Å². The quantitative estimate of drug-likeness (QED) is 0.682. The van der Waals surface area contributed by atoms with Crippen molar-refractivity contribution in [3.8, 4) is 0 Å². The lowest BCUT2D eigenvalue weighted by Crippen LogP contribution is -1.96. The molecule has 0 fully saturated rings. The lowest BCUT2D eigenvalue weighted by molar-refractivity contribution is 0.0699. The highest BCUT2D eigenvalue weighted by Crippen LogP contribution is 2.17. The van der Waals surface area contributed by atoms with E-state index in [9.17, 15) is 4.79 Å². The molecule has 2 aromatic carbocycles. The van der Waals surface area contributed by atoms with Crippen molar-refractivity contribution in [2.75, 3.05) is 0 Å². The van der Waals surface area contributed by atoms with Gasteiger partial charge < -0.3 is 5.11 Å². The van der Waals surface area contributed by atoms with Gasteiger partial charge in [0.05, 0.1) is 5.56 Å². The summed E-state index contributed by atoms with van der Waals surface area (Å²) in [5.41, 5.74) is 0.359. The number of carboxylic acid groups (broad SMARTS) is 1. The second kappa shape index (κ2) is 5.58. The number of aromatic carboxylic acids is 1. The minimum absolute atomic E-state index is 0.359. The van der Waals surface area contributed by atoms with Crippen LogP contribution in [0.2, 0.25) is 0 Å². The van der Waals surface area contributed by atoms with Gasteiger partial charge in [0.25, 0.3) is 0 Å². The summed E-state index contributed by atoms with van der Waals surface area (Å²) in [6, 6.07) is 12.7. The van der Waals surface area contributed by atoms with E-state index in [-0.39, 0.29) is 0 Å². The van der Waals surface area contributed by atoms with Crippen LogP contribution in [0.25, 0.3) is 10.8 Å². The van der Waals surface area contributed by atoms with E-state index >= 15 is 0 Å². The Labute approximate surface area is 103 Å². The topological polar surface area (TPSA) is 112 Å². The molecule has 18 heavy (non-hydrogen) atoms. The molecule has 2 rings (SSSR count). The van der Waals surface area contributed by atoms with Crippen molar-refractivity contribution >= 4 is 27.1 Å². The lowest BCUT2D eigenvalue weighted by Gasteiger charge is -2.00. The first-order valence-corrected chi connectivity index (χ1v) is 6.09. The van der Waals surface area contributed by atoms with Crippen LogP contribution in [0.15, 0.2) is 42.5 Å². The first kappa shape index (κ1) is 14.1.